The first-order chi connectivity index (χ1) is 10.9. The quantitative estimate of drug-likeness (QED) is 0.890. The van der Waals surface area contributed by atoms with Crippen LogP contribution < -0.4 is 20.1 Å². The zero-order valence-electron chi connectivity index (χ0n) is 12.0. The van der Waals surface area contributed by atoms with E-state index in [-0.39, 0.29) is 24.1 Å². The van der Waals surface area contributed by atoms with Gasteiger partial charge in [-0.1, -0.05) is 12.1 Å². The molecular formula is C14H15F3N2O4. The van der Waals surface area contributed by atoms with E-state index in [9.17, 15) is 18.0 Å². The third-order valence-electron chi connectivity index (χ3n) is 3.52. The summed E-state index contributed by atoms with van der Waals surface area (Å²) in [5.41, 5.74) is 0. The summed E-state index contributed by atoms with van der Waals surface area (Å²) in [7, 11) is 0. The Labute approximate surface area is 129 Å². The molecule has 0 aliphatic carbocycles. The lowest BCUT2D eigenvalue weighted by atomic mass is 10.2. The molecular weight excluding hydrogens is 317 g/mol. The Hall–Kier alpha value is -2.16. The van der Waals surface area contributed by atoms with Crippen molar-refractivity contribution < 1.29 is 32.2 Å². The molecule has 0 spiro atoms. The molecule has 1 atom stereocenters. The number of ether oxygens (including phenoxy) is 3. The van der Waals surface area contributed by atoms with E-state index in [4.69, 9.17) is 14.2 Å². The van der Waals surface area contributed by atoms with Crippen LogP contribution in [0.4, 0.5) is 18.0 Å². The van der Waals surface area contributed by atoms with Gasteiger partial charge in [0.2, 0.25) is 0 Å². The van der Waals surface area contributed by atoms with Gasteiger partial charge in [0.1, 0.15) is 0 Å². The number of rotatable bonds is 3. The van der Waals surface area contributed by atoms with Crippen molar-refractivity contribution >= 4 is 6.03 Å². The highest BCUT2D eigenvalue weighted by molar-refractivity contribution is 5.74. The monoisotopic (exact) mass is 332 g/mol. The van der Waals surface area contributed by atoms with Crippen LogP contribution in [-0.4, -0.2) is 37.4 Å². The van der Waals surface area contributed by atoms with E-state index >= 15 is 0 Å². The average Bonchev–Trinajstić information content (AvgIpc) is 3.11. The summed E-state index contributed by atoms with van der Waals surface area (Å²) in [6.45, 7) is 0.703. The number of nitrogens with one attached hydrogen (secondary N) is 2. The molecule has 2 N–H and O–H groups in total. The third-order valence-corrected chi connectivity index (χ3v) is 3.52. The van der Waals surface area contributed by atoms with E-state index in [0.717, 1.165) is 12.8 Å². The molecule has 1 saturated heterocycles. The zero-order chi connectivity index (χ0) is 16.5. The Bertz CT molecular complexity index is 563. The molecule has 2 aliphatic rings. The normalized spacial score (nSPS) is 22.0. The van der Waals surface area contributed by atoms with Crippen molar-refractivity contribution in [2.75, 3.05) is 13.2 Å². The lowest BCUT2D eigenvalue weighted by molar-refractivity contribution is -0.317. The highest BCUT2D eigenvalue weighted by Crippen LogP contribution is 2.44. The molecule has 2 aliphatic heterocycles. The summed E-state index contributed by atoms with van der Waals surface area (Å²) >= 11 is 0. The van der Waals surface area contributed by atoms with Gasteiger partial charge in [-0.3, -0.25) is 5.32 Å². The average molecular weight is 332 g/mol. The van der Waals surface area contributed by atoms with Crippen molar-refractivity contribution in [3.05, 3.63) is 24.3 Å². The fourth-order valence-corrected chi connectivity index (χ4v) is 2.39. The number of alkyl halides is 3. The van der Waals surface area contributed by atoms with Crippen LogP contribution in [0.5, 0.6) is 11.5 Å². The fraction of sp³-hybridized carbons (Fsp3) is 0.500. The van der Waals surface area contributed by atoms with Gasteiger partial charge in [0.15, 0.2) is 11.5 Å². The third kappa shape index (κ3) is 3.14. The van der Waals surface area contributed by atoms with Gasteiger partial charge in [-0.15, -0.1) is 0 Å². The Kier molecular flexibility index (Phi) is 3.97. The SMILES string of the molecule is O=C(NC[C@@H]1CCCO1)NC1(C(F)(F)F)Oc2ccccc2O1. The van der Waals surface area contributed by atoms with Crippen molar-refractivity contribution in [1.82, 2.24) is 10.6 Å². The van der Waals surface area contributed by atoms with Crippen molar-refractivity contribution in [2.45, 2.75) is 31.0 Å². The number of para-hydroxylation sites is 2. The second-order valence-electron chi connectivity index (χ2n) is 5.24. The zero-order valence-corrected chi connectivity index (χ0v) is 12.0. The van der Waals surface area contributed by atoms with E-state index in [0.29, 0.717) is 6.61 Å². The Morgan fingerprint density at radius 3 is 2.43 bits per heavy atom. The Morgan fingerprint density at radius 1 is 1.26 bits per heavy atom. The van der Waals surface area contributed by atoms with Gasteiger partial charge in [0, 0.05) is 13.2 Å². The number of urea groups is 1. The number of halogens is 3. The molecule has 126 valence electrons. The lowest BCUT2D eigenvalue weighted by Gasteiger charge is -2.29. The predicted molar refractivity (Wildman–Crippen MR) is 72.0 cm³/mol. The summed E-state index contributed by atoms with van der Waals surface area (Å²) in [6.07, 6.45) is -3.54. The van der Waals surface area contributed by atoms with Gasteiger partial charge >= 0.3 is 18.1 Å². The number of carbonyl (C=O) groups is 1. The summed E-state index contributed by atoms with van der Waals surface area (Å²) in [6, 6.07) is 4.62. The highest BCUT2D eigenvalue weighted by Gasteiger charge is 2.65. The highest BCUT2D eigenvalue weighted by atomic mass is 19.4. The number of hydrogen-bond acceptors (Lipinski definition) is 4. The minimum Gasteiger partial charge on any atom is -0.424 e. The first-order valence-electron chi connectivity index (χ1n) is 7.11. The molecule has 9 heteroatoms. The maximum Gasteiger partial charge on any atom is 0.492 e. The first-order valence-corrected chi connectivity index (χ1v) is 7.11. The smallest absolute Gasteiger partial charge is 0.424 e. The molecule has 1 aromatic carbocycles. The van der Waals surface area contributed by atoms with Crippen LogP contribution in [0.1, 0.15) is 12.8 Å². The van der Waals surface area contributed by atoms with E-state index in [1.807, 2.05) is 0 Å². The molecule has 2 heterocycles. The van der Waals surface area contributed by atoms with Crippen LogP contribution in [0.2, 0.25) is 0 Å². The van der Waals surface area contributed by atoms with E-state index in [1.165, 1.54) is 24.3 Å². The van der Waals surface area contributed by atoms with Gasteiger partial charge in [-0.2, -0.15) is 13.2 Å². The minimum atomic E-state index is -4.97. The molecule has 3 rings (SSSR count). The maximum absolute atomic E-state index is 13.4. The second kappa shape index (κ2) is 5.80. The molecule has 6 nitrogen and oxygen atoms in total. The fourth-order valence-electron chi connectivity index (χ4n) is 2.39. The molecule has 0 saturated carbocycles. The van der Waals surface area contributed by atoms with Crippen LogP contribution in [0, 0.1) is 0 Å². The number of amides is 2. The Balaban J connectivity index is 1.67. The Morgan fingerprint density at radius 2 is 1.91 bits per heavy atom. The van der Waals surface area contributed by atoms with Gasteiger partial charge in [-0.05, 0) is 25.0 Å². The van der Waals surface area contributed by atoms with E-state index in [2.05, 4.69) is 5.32 Å². The van der Waals surface area contributed by atoms with Crippen molar-refractivity contribution in [1.29, 1.82) is 0 Å². The largest absolute Gasteiger partial charge is 0.492 e. The lowest BCUT2D eigenvalue weighted by Crippen LogP contribution is -2.66. The standard InChI is InChI=1S/C14H15F3N2O4/c15-13(16,17)14(22-10-5-1-2-6-11(10)23-14)19-12(20)18-8-9-4-3-7-21-9/h1-2,5-6,9H,3-4,7-8H2,(H2,18,19,20)/t9-/m0/s1. The summed E-state index contributed by atoms with van der Waals surface area (Å²) < 4.78 is 55.1. The molecule has 2 amide bonds. The van der Waals surface area contributed by atoms with E-state index in [1.54, 1.807) is 5.32 Å². The first kappa shape index (κ1) is 15.7. The number of fused-ring (bicyclic) bond motifs is 1. The molecule has 1 fully saturated rings. The minimum absolute atomic E-state index is 0.0933. The van der Waals surface area contributed by atoms with Gasteiger partial charge in [-0.25, -0.2) is 4.79 Å². The summed E-state index contributed by atoms with van der Waals surface area (Å²) in [5.74, 6) is -3.43. The maximum atomic E-state index is 13.4. The van der Waals surface area contributed by atoms with Crippen LogP contribution in [0.15, 0.2) is 24.3 Å². The van der Waals surface area contributed by atoms with Gasteiger partial charge in [0.25, 0.3) is 0 Å². The molecule has 23 heavy (non-hydrogen) atoms. The second-order valence-corrected chi connectivity index (χ2v) is 5.24. The van der Waals surface area contributed by atoms with Crippen LogP contribution >= 0.6 is 0 Å². The summed E-state index contributed by atoms with van der Waals surface area (Å²) in [5, 5.41) is 4.07. The molecule has 0 unspecified atom stereocenters. The van der Waals surface area contributed by atoms with Crippen molar-refractivity contribution in [3.8, 4) is 11.5 Å². The van der Waals surface area contributed by atoms with Crippen LogP contribution in [0.3, 0.4) is 0 Å². The van der Waals surface area contributed by atoms with Crippen LogP contribution in [0.25, 0.3) is 0 Å². The number of benzene rings is 1. The number of carbonyl (C=O) groups excluding carboxylic acids is 1. The van der Waals surface area contributed by atoms with Crippen LogP contribution in [-0.2, 0) is 4.74 Å². The molecule has 0 bridgehead atoms. The van der Waals surface area contributed by atoms with Crippen molar-refractivity contribution in [2.24, 2.45) is 0 Å². The van der Waals surface area contributed by atoms with Crippen molar-refractivity contribution in [3.63, 3.8) is 0 Å². The topological polar surface area (TPSA) is 68.8 Å². The van der Waals surface area contributed by atoms with Gasteiger partial charge < -0.3 is 19.5 Å². The predicted octanol–water partition coefficient (Wildman–Crippen LogP) is 2.15. The molecule has 0 radical (unpaired) electrons. The molecule has 0 aromatic heterocycles. The number of hydrogen-bond donors (Lipinski definition) is 2. The van der Waals surface area contributed by atoms with E-state index < -0.39 is 18.1 Å². The van der Waals surface area contributed by atoms with Gasteiger partial charge in [0.05, 0.1) is 6.10 Å². The summed E-state index contributed by atoms with van der Waals surface area (Å²) in [4.78, 5) is 11.8. The molecule has 1 aromatic rings.